The Bertz CT molecular complexity index is 819. The zero-order chi connectivity index (χ0) is 17.3. The van der Waals surface area contributed by atoms with E-state index in [1.807, 2.05) is 73.1 Å². The molecule has 1 atom stereocenters. The predicted octanol–water partition coefficient (Wildman–Crippen LogP) is 4.14. The summed E-state index contributed by atoms with van der Waals surface area (Å²) in [4.78, 5) is 4.55. The topological polar surface area (TPSA) is 38.1 Å². The highest BCUT2D eigenvalue weighted by Gasteiger charge is 2.37. The first kappa shape index (κ1) is 16.5. The van der Waals surface area contributed by atoms with E-state index < -0.39 is 5.60 Å². The number of hydrogen-bond acceptors (Lipinski definition) is 2. The highest BCUT2D eigenvalue weighted by Crippen LogP contribution is 2.37. The van der Waals surface area contributed by atoms with Crippen molar-refractivity contribution >= 4 is 0 Å². The van der Waals surface area contributed by atoms with Crippen LogP contribution in [0.2, 0.25) is 0 Å². The smallest absolute Gasteiger partial charge is 0.156 e. The van der Waals surface area contributed by atoms with Gasteiger partial charge in [-0.25, -0.2) is 4.98 Å². The first-order chi connectivity index (χ1) is 11.4. The van der Waals surface area contributed by atoms with Crippen LogP contribution in [-0.2, 0) is 12.6 Å². The third kappa shape index (κ3) is 2.65. The molecule has 0 saturated heterocycles. The molecule has 1 aromatic heterocycles. The lowest BCUT2D eigenvalue weighted by atomic mass is 9.83. The quantitative estimate of drug-likeness (QED) is 0.784. The van der Waals surface area contributed by atoms with Crippen molar-refractivity contribution in [3.8, 4) is 0 Å². The highest BCUT2D eigenvalue weighted by atomic mass is 16.3. The molecule has 0 aliphatic heterocycles. The lowest BCUT2D eigenvalue weighted by molar-refractivity contribution is 0.117. The van der Waals surface area contributed by atoms with Crippen molar-refractivity contribution < 1.29 is 5.11 Å². The van der Waals surface area contributed by atoms with Gasteiger partial charge in [-0.1, -0.05) is 74.0 Å². The molecule has 3 aromatic rings. The predicted molar refractivity (Wildman–Crippen MR) is 97.0 cm³/mol. The fourth-order valence-electron chi connectivity index (χ4n) is 3.23. The molecule has 2 aromatic carbocycles. The summed E-state index contributed by atoms with van der Waals surface area (Å²) in [5.74, 6) is 1.26. The normalized spacial score (nSPS) is 13.9. The van der Waals surface area contributed by atoms with Crippen LogP contribution >= 0.6 is 0 Å². The second-order valence-electron chi connectivity index (χ2n) is 6.66. The fourth-order valence-corrected chi connectivity index (χ4v) is 3.23. The minimum absolute atomic E-state index is 0.293. The van der Waals surface area contributed by atoms with E-state index in [4.69, 9.17) is 0 Å². The van der Waals surface area contributed by atoms with Crippen LogP contribution in [0.3, 0.4) is 0 Å². The molecule has 0 spiro atoms. The van der Waals surface area contributed by atoms with E-state index in [0.29, 0.717) is 5.92 Å². The summed E-state index contributed by atoms with van der Waals surface area (Å²) in [5.41, 5.74) is 2.40. The Hall–Kier alpha value is -2.39. The lowest BCUT2D eigenvalue weighted by Crippen LogP contribution is -2.31. The van der Waals surface area contributed by atoms with E-state index >= 15 is 0 Å². The Morgan fingerprint density at radius 2 is 1.54 bits per heavy atom. The van der Waals surface area contributed by atoms with Gasteiger partial charge in [0.25, 0.3) is 0 Å². The molecule has 0 amide bonds. The Balaban J connectivity index is 2.25. The van der Waals surface area contributed by atoms with E-state index in [1.165, 1.54) is 5.56 Å². The van der Waals surface area contributed by atoms with E-state index in [1.54, 1.807) is 6.20 Å². The number of rotatable bonds is 4. The van der Waals surface area contributed by atoms with Crippen LogP contribution in [-0.4, -0.2) is 14.7 Å². The van der Waals surface area contributed by atoms with Gasteiger partial charge in [0, 0.05) is 13.0 Å². The van der Waals surface area contributed by atoms with Crippen LogP contribution in [0.25, 0.3) is 0 Å². The number of nitrogens with zero attached hydrogens (tertiary/aromatic N) is 2. The van der Waals surface area contributed by atoms with Crippen LogP contribution in [0.15, 0.2) is 60.8 Å². The van der Waals surface area contributed by atoms with Crippen molar-refractivity contribution in [2.75, 3.05) is 0 Å². The maximum absolute atomic E-state index is 11.8. The van der Waals surface area contributed by atoms with Gasteiger partial charge < -0.3 is 9.67 Å². The molecule has 0 aliphatic carbocycles. The zero-order valence-electron chi connectivity index (χ0n) is 14.7. The molecule has 0 fully saturated rings. The van der Waals surface area contributed by atoms with Crippen molar-refractivity contribution in [3.05, 3.63) is 89.0 Å². The van der Waals surface area contributed by atoms with Crippen molar-refractivity contribution in [1.29, 1.82) is 0 Å². The number of benzene rings is 2. The fraction of sp³-hybridized carbons (Fsp3) is 0.286. The Labute approximate surface area is 143 Å². The molecular weight excluding hydrogens is 296 g/mol. The number of aliphatic hydroxyl groups is 1. The number of aromatic nitrogens is 2. The summed E-state index contributed by atoms with van der Waals surface area (Å²) in [7, 11) is 1.97. The third-order valence-corrected chi connectivity index (χ3v) is 4.57. The Morgan fingerprint density at radius 3 is 2.08 bits per heavy atom. The average molecular weight is 320 g/mol. The van der Waals surface area contributed by atoms with Crippen LogP contribution in [0, 0.1) is 6.92 Å². The van der Waals surface area contributed by atoms with Gasteiger partial charge in [0.2, 0.25) is 0 Å². The van der Waals surface area contributed by atoms with Crippen molar-refractivity contribution in [3.63, 3.8) is 0 Å². The minimum Gasteiger partial charge on any atom is -0.374 e. The van der Waals surface area contributed by atoms with Crippen LogP contribution in [0.5, 0.6) is 0 Å². The minimum atomic E-state index is -1.23. The largest absolute Gasteiger partial charge is 0.374 e. The maximum Gasteiger partial charge on any atom is 0.156 e. The molecular formula is C21H24N2O. The van der Waals surface area contributed by atoms with Crippen LogP contribution < -0.4 is 0 Å². The standard InChI is InChI=1S/C21H24N2O/c1-15(2)20-22-14-19(23(20)4)21(24,17-8-6-5-7-9-17)18-12-10-16(3)11-13-18/h5-15,24H,1-4H3/t21-/m0/s1. The second kappa shape index (κ2) is 6.25. The maximum atomic E-state index is 11.8. The zero-order valence-corrected chi connectivity index (χ0v) is 14.7. The Morgan fingerprint density at radius 1 is 0.958 bits per heavy atom. The molecule has 0 saturated carbocycles. The molecule has 3 heteroatoms. The van der Waals surface area contributed by atoms with E-state index in [0.717, 1.165) is 22.6 Å². The molecule has 0 radical (unpaired) electrons. The Kier molecular flexibility index (Phi) is 4.29. The molecule has 0 unspecified atom stereocenters. The molecule has 1 heterocycles. The van der Waals surface area contributed by atoms with E-state index in [2.05, 4.69) is 18.8 Å². The van der Waals surface area contributed by atoms with Crippen molar-refractivity contribution in [1.82, 2.24) is 9.55 Å². The molecule has 0 bridgehead atoms. The van der Waals surface area contributed by atoms with E-state index in [-0.39, 0.29) is 0 Å². The first-order valence-electron chi connectivity index (χ1n) is 8.31. The summed E-state index contributed by atoms with van der Waals surface area (Å²) < 4.78 is 2.01. The van der Waals surface area contributed by atoms with E-state index in [9.17, 15) is 5.11 Å². The molecule has 124 valence electrons. The summed E-state index contributed by atoms with van der Waals surface area (Å²) in [5, 5.41) is 11.8. The third-order valence-electron chi connectivity index (χ3n) is 4.57. The summed E-state index contributed by atoms with van der Waals surface area (Å²) >= 11 is 0. The van der Waals surface area contributed by atoms with Gasteiger partial charge in [-0.3, -0.25) is 0 Å². The van der Waals surface area contributed by atoms with Gasteiger partial charge >= 0.3 is 0 Å². The van der Waals surface area contributed by atoms with Crippen LogP contribution in [0.4, 0.5) is 0 Å². The van der Waals surface area contributed by atoms with Gasteiger partial charge in [-0.15, -0.1) is 0 Å². The lowest BCUT2D eigenvalue weighted by Gasteiger charge is -2.30. The number of hydrogen-bond donors (Lipinski definition) is 1. The average Bonchev–Trinajstić information content (AvgIpc) is 2.98. The van der Waals surface area contributed by atoms with Crippen molar-refractivity contribution in [2.45, 2.75) is 32.3 Å². The monoisotopic (exact) mass is 320 g/mol. The summed E-state index contributed by atoms with van der Waals surface area (Å²) in [6.07, 6.45) is 1.79. The summed E-state index contributed by atoms with van der Waals surface area (Å²) in [6, 6.07) is 17.8. The number of imidazole rings is 1. The highest BCUT2D eigenvalue weighted by molar-refractivity contribution is 5.45. The van der Waals surface area contributed by atoms with Gasteiger partial charge in [0.1, 0.15) is 5.82 Å². The van der Waals surface area contributed by atoms with Gasteiger partial charge in [0.15, 0.2) is 5.60 Å². The molecule has 0 aliphatic rings. The van der Waals surface area contributed by atoms with Gasteiger partial charge in [-0.2, -0.15) is 0 Å². The summed E-state index contributed by atoms with van der Waals surface area (Å²) in [6.45, 7) is 6.27. The molecule has 3 rings (SSSR count). The molecule has 1 N–H and O–H groups in total. The van der Waals surface area contributed by atoms with Crippen molar-refractivity contribution in [2.24, 2.45) is 7.05 Å². The SMILES string of the molecule is Cc1ccc([C@@](O)(c2ccccc2)c2cnc(C(C)C)n2C)cc1. The van der Waals surface area contributed by atoms with Gasteiger partial charge in [0.05, 0.1) is 11.9 Å². The van der Waals surface area contributed by atoms with Gasteiger partial charge in [-0.05, 0) is 18.1 Å². The first-order valence-corrected chi connectivity index (χ1v) is 8.31. The molecule has 24 heavy (non-hydrogen) atoms. The molecule has 3 nitrogen and oxygen atoms in total. The number of aryl methyl sites for hydroxylation is 1. The second-order valence-corrected chi connectivity index (χ2v) is 6.66. The van der Waals surface area contributed by atoms with Crippen LogP contribution in [0.1, 0.15) is 48.0 Å².